The SMILES string of the molecule is COc1cc(CN)cc(Cl)c1OCc1ccc(C)c(C)c1. The van der Waals surface area contributed by atoms with Crippen molar-refractivity contribution in [3.05, 3.63) is 57.6 Å². The first-order valence-electron chi connectivity index (χ1n) is 6.80. The quantitative estimate of drug-likeness (QED) is 0.908. The van der Waals surface area contributed by atoms with Crippen LogP contribution in [0.2, 0.25) is 5.02 Å². The largest absolute Gasteiger partial charge is 0.493 e. The van der Waals surface area contributed by atoms with Gasteiger partial charge in [0.25, 0.3) is 0 Å². The van der Waals surface area contributed by atoms with E-state index >= 15 is 0 Å². The Labute approximate surface area is 130 Å². The summed E-state index contributed by atoms with van der Waals surface area (Å²) in [6.07, 6.45) is 0. The molecule has 2 N–H and O–H groups in total. The molecule has 0 atom stereocenters. The normalized spacial score (nSPS) is 10.5. The first kappa shape index (κ1) is 15.7. The molecule has 0 saturated carbocycles. The van der Waals surface area contributed by atoms with Crippen molar-refractivity contribution in [1.29, 1.82) is 0 Å². The molecule has 0 spiro atoms. The van der Waals surface area contributed by atoms with Crippen molar-refractivity contribution in [2.24, 2.45) is 5.73 Å². The molecule has 112 valence electrons. The van der Waals surface area contributed by atoms with E-state index in [-0.39, 0.29) is 0 Å². The van der Waals surface area contributed by atoms with Crippen LogP contribution in [0.4, 0.5) is 0 Å². The van der Waals surface area contributed by atoms with E-state index in [0.717, 1.165) is 11.1 Å². The molecule has 0 radical (unpaired) electrons. The van der Waals surface area contributed by atoms with Crippen LogP contribution in [0.3, 0.4) is 0 Å². The van der Waals surface area contributed by atoms with Crippen LogP contribution < -0.4 is 15.2 Å². The number of hydrogen-bond acceptors (Lipinski definition) is 3. The van der Waals surface area contributed by atoms with Gasteiger partial charge in [0, 0.05) is 6.54 Å². The number of nitrogens with two attached hydrogens (primary N) is 1. The van der Waals surface area contributed by atoms with Crippen LogP contribution in [-0.2, 0) is 13.2 Å². The number of methoxy groups -OCH3 is 1. The molecular formula is C17H20ClNO2. The summed E-state index contributed by atoms with van der Waals surface area (Å²) in [5.41, 5.74) is 10.2. The highest BCUT2D eigenvalue weighted by molar-refractivity contribution is 6.32. The van der Waals surface area contributed by atoms with E-state index < -0.39 is 0 Å². The molecule has 0 fully saturated rings. The van der Waals surface area contributed by atoms with Crippen LogP contribution in [0.25, 0.3) is 0 Å². The lowest BCUT2D eigenvalue weighted by atomic mass is 10.1. The molecule has 0 aliphatic heterocycles. The van der Waals surface area contributed by atoms with Crippen LogP contribution in [0.1, 0.15) is 22.3 Å². The number of ether oxygens (including phenoxy) is 2. The van der Waals surface area contributed by atoms with Gasteiger partial charge in [-0.2, -0.15) is 0 Å². The fourth-order valence-corrected chi connectivity index (χ4v) is 2.37. The molecule has 21 heavy (non-hydrogen) atoms. The number of aryl methyl sites for hydroxylation is 2. The van der Waals surface area contributed by atoms with Gasteiger partial charge in [0.05, 0.1) is 12.1 Å². The minimum absolute atomic E-state index is 0.410. The highest BCUT2D eigenvalue weighted by Crippen LogP contribution is 2.36. The van der Waals surface area contributed by atoms with Gasteiger partial charge in [-0.1, -0.05) is 29.8 Å². The van der Waals surface area contributed by atoms with Gasteiger partial charge in [-0.25, -0.2) is 0 Å². The van der Waals surface area contributed by atoms with Crippen molar-refractivity contribution in [3.8, 4) is 11.5 Å². The van der Waals surface area contributed by atoms with Crippen LogP contribution in [0.15, 0.2) is 30.3 Å². The lowest BCUT2D eigenvalue weighted by Gasteiger charge is -2.14. The van der Waals surface area contributed by atoms with Gasteiger partial charge in [-0.3, -0.25) is 0 Å². The second kappa shape index (κ2) is 6.83. The zero-order chi connectivity index (χ0) is 15.4. The second-order valence-corrected chi connectivity index (χ2v) is 5.43. The predicted octanol–water partition coefficient (Wildman–Crippen LogP) is 4.00. The maximum Gasteiger partial charge on any atom is 0.180 e. The van der Waals surface area contributed by atoms with Crippen molar-refractivity contribution >= 4 is 11.6 Å². The summed E-state index contributed by atoms with van der Waals surface area (Å²) in [5, 5.41) is 0.513. The van der Waals surface area contributed by atoms with E-state index in [1.54, 1.807) is 13.2 Å². The third-order valence-electron chi connectivity index (χ3n) is 3.48. The van der Waals surface area contributed by atoms with Crippen LogP contribution in [-0.4, -0.2) is 7.11 Å². The zero-order valence-electron chi connectivity index (χ0n) is 12.6. The van der Waals surface area contributed by atoms with Crippen molar-refractivity contribution in [1.82, 2.24) is 0 Å². The maximum atomic E-state index is 6.25. The van der Waals surface area contributed by atoms with Gasteiger partial charge in [0.2, 0.25) is 0 Å². The molecule has 2 aromatic rings. The average molecular weight is 306 g/mol. The number of benzene rings is 2. The standard InChI is InChI=1S/C17H20ClNO2/c1-11-4-5-13(6-12(11)2)10-21-17-15(18)7-14(9-19)8-16(17)20-3/h4-8H,9-10,19H2,1-3H3. The van der Waals surface area contributed by atoms with Crippen molar-refractivity contribution in [3.63, 3.8) is 0 Å². The third kappa shape index (κ3) is 3.69. The lowest BCUT2D eigenvalue weighted by molar-refractivity contribution is 0.284. The summed E-state index contributed by atoms with van der Waals surface area (Å²) in [4.78, 5) is 0. The predicted molar refractivity (Wildman–Crippen MR) is 86.1 cm³/mol. The van der Waals surface area contributed by atoms with Crippen LogP contribution in [0.5, 0.6) is 11.5 Å². The molecule has 3 nitrogen and oxygen atoms in total. The maximum absolute atomic E-state index is 6.25. The molecule has 0 saturated heterocycles. The lowest BCUT2D eigenvalue weighted by Crippen LogP contribution is -2.02. The van der Waals surface area contributed by atoms with Gasteiger partial charge in [0.1, 0.15) is 6.61 Å². The minimum Gasteiger partial charge on any atom is -0.493 e. The Balaban J connectivity index is 2.21. The van der Waals surface area contributed by atoms with Gasteiger partial charge in [-0.05, 0) is 48.2 Å². The molecule has 0 aromatic heterocycles. The molecule has 0 unspecified atom stereocenters. The van der Waals surface area contributed by atoms with E-state index in [9.17, 15) is 0 Å². The summed E-state index contributed by atoms with van der Waals surface area (Å²) in [6, 6.07) is 9.91. The average Bonchev–Trinajstić information content (AvgIpc) is 2.48. The number of halogens is 1. The first-order chi connectivity index (χ1) is 10.0. The third-order valence-corrected chi connectivity index (χ3v) is 3.76. The summed E-state index contributed by atoms with van der Waals surface area (Å²) in [6.45, 7) is 5.03. The Morgan fingerprint density at radius 3 is 2.43 bits per heavy atom. The Morgan fingerprint density at radius 1 is 1.05 bits per heavy atom. The smallest absolute Gasteiger partial charge is 0.180 e. The van der Waals surface area contributed by atoms with Crippen molar-refractivity contribution in [2.45, 2.75) is 27.0 Å². The molecule has 2 aromatic carbocycles. The number of rotatable bonds is 5. The van der Waals surface area contributed by atoms with Gasteiger partial charge in [0.15, 0.2) is 11.5 Å². The molecule has 0 aliphatic carbocycles. The molecule has 0 bridgehead atoms. The molecule has 2 rings (SSSR count). The molecule has 0 heterocycles. The molecular weight excluding hydrogens is 286 g/mol. The minimum atomic E-state index is 0.410. The fraction of sp³-hybridized carbons (Fsp3) is 0.294. The molecule has 4 heteroatoms. The van der Waals surface area contributed by atoms with Crippen molar-refractivity contribution < 1.29 is 9.47 Å². The number of hydrogen-bond donors (Lipinski definition) is 1. The molecule has 0 aliphatic rings. The topological polar surface area (TPSA) is 44.5 Å². The van der Waals surface area contributed by atoms with Gasteiger partial charge >= 0.3 is 0 Å². The first-order valence-corrected chi connectivity index (χ1v) is 7.18. The zero-order valence-corrected chi connectivity index (χ0v) is 13.3. The van der Waals surface area contributed by atoms with Gasteiger partial charge in [-0.15, -0.1) is 0 Å². The van der Waals surface area contributed by atoms with E-state index in [0.29, 0.717) is 29.7 Å². The Kier molecular flexibility index (Phi) is 5.10. The van der Waals surface area contributed by atoms with E-state index in [1.165, 1.54) is 11.1 Å². The van der Waals surface area contributed by atoms with Crippen LogP contribution >= 0.6 is 11.6 Å². The summed E-state index contributed by atoms with van der Waals surface area (Å²) in [5.74, 6) is 1.15. The summed E-state index contributed by atoms with van der Waals surface area (Å²) >= 11 is 6.25. The Hall–Kier alpha value is -1.71. The van der Waals surface area contributed by atoms with Gasteiger partial charge < -0.3 is 15.2 Å². The summed E-state index contributed by atoms with van der Waals surface area (Å²) in [7, 11) is 1.59. The van der Waals surface area contributed by atoms with E-state index in [2.05, 4.69) is 32.0 Å². The Morgan fingerprint density at radius 2 is 1.81 bits per heavy atom. The monoisotopic (exact) mass is 305 g/mol. The molecule has 0 amide bonds. The highest BCUT2D eigenvalue weighted by atomic mass is 35.5. The van der Waals surface area contributed by atoms with E-state index in [1.807, 2.05) is 6.07 Å². The van der Waals surface area contributed by atoms with E-state index in [4.69, 9.17) is 26.8 Å². The van der Waals surface area contributed by atoms with Crippen LogP contribution in [0, 0.1) is 13.8 Å². The highest BCUT2D eigenvalue weighted by Gasteiger charge is 2.12. The summed E-state index contributed by atoms with van der Waals surface area (Å²) < 4.78 is 11.2. The Bertz CT molecular complexity index is 641. The van der Waals surface area contributed by atoms with Crippen molar-refractivity contribution in [2.75, 3.05) is 7.11 Å². The fourth-order valence-electron chi connectivity index (χ4n) is 2.08. The second-order valence-electron chi connectivity index (χ2n) is 5.02.